The van der Waals surface area contributed by atoms with Crippen molar-refractivity contribution in [1.82, 2.24) is 20.3 Å². The second-order valence-electron chi connectivity index (χ2n) is 5.73. The van der Waals surface area contributed by atoms with Crippen molar-refractivity contribution in [3.63, 3.8) is 0 Å². The molecule has 0 aliphatic heterocycles. The lowest BCUT2D eigenvalue weighted by Gasteiger charge is -2.31. The van der Waals surface area contributed by atoms with Gasteiger partial charge in [-0.1, -0.05) is 12.1 Å². The van der Waals surface area contributed by atoms with E-state index >= 15 is 0 Å². The molecule has 0 aliphatic carbocycles. The van der Waals surface area contributed by atoms with Gasteiger partial charge in [0, 0.05) is 43.9 Å². The van der Waals surface area contributed by atoms with Crippen LogP contribution in [0, 0.1) is 0 Å². The molecule has 0 saturated heterocycles. The number of nitrogens with one attached hydrogen (secondary N) is 1. The number of rotatable bonds is 7. The molecule has 3 heterocycles. The molecular weight excluding hydrogens is 314 g/mol. The Balaban J connectivity index is 1.97. The Bertz CT molecular complexity index is 811. The monoisotopic (exact) mass is 333 g/mol. The summed E-state index contributed by atoms with van der Waals surface area (Å²) in [6, 6.07) is 13.0. The standard InChI is InChI=1S/C19H19N5O/c20-18(25)19(17-5-1-2-9-23-17,12-16-4-3-8-22-13-16)24-14-15-6-10-21-11-7-15/h1-11,13,24H,12,14H2,(H2,20,25). The average molecular weight is 333 g/mol. The number of pyridine rings is 3. The van der Waals surface area contributed by atoms with Crippen molar-refractivity contribution < 1.29 is 4.79 Å². The Hall–Kier alpha value is -3.12. The largest absolute Gasteiger partial charge is 0.368 e. The summed E-state index contributed by atoms with van der Waals surface area (Å²) in [6.45, 7) is 0.461. The molecule has 1 atom stereocenters. The van der Waals surface area contributed by atoms with Gasteiger partial charge in [-0.05, 0) is 41.5 Å². The fourth-order valence-corrected chi connectivity index (χ4v) is 2.72. The third kappa shape index (κ3) is 3.87. The van der Waals surface area contributed by atoms with Crippen molar-refractivity contribution in [3.8, 4) is 0 Å². The Morgan fingerprint density at radius 3 is 2.44 bits per heavy atom. The van der Waals surface area contributed by atoms with E-state index in [-0.39, 0.29) is 0 Å². The SMILES string of the molecule is NC(=O)C(Cc1cccnc1)(NCc1ccncc1)c1ccccn1. The zero-order valence-corrected chi connectivity index (χ0v) is 13.7. The number of hydrogen-bond donors (Lipinski definition) is 2. The molecule has 0 saturated carbocycles. The highest BCUT2D eigenvalue weighted by Crippen LogP contribution is 2.25. The number of nitrogens with zero attached hydrogens (tertiary/aromatic N) is 3. The summed E-state index contributed by atoms with van der Waals surface area (Å²) in [7, 11) is 0. The Labute approximate surface area is 146 Å². The summed E-state index contributed by atoms with van der Waals surface area (Å²) >= 11 is 0. The highest BCUT2D eigenvalue weighted by Gasteiger charge is 2.39. The molecule has 3 aromatic heterocycles. The van der Waals surface area contributed by atoms with Crippen LogP contribution >= 0.6 is 0 Å². The number of hydrogen-bond acceptors (Lipinski definition) is 5. The van der Waals surface area contributed by atoms with E-state index in [1.807, 2.05) is 36.4 Å². The van der Waals surface area contributed by atoms with Crippen molar-refractivity contribution in [1.29, 1.82) is 0 Å². The van der Waals surface area contributed by atoms with E-state index in [1.165, 1.54) is 0 Å². The Morgan fingerprint density at radius 1 is 0.960 bits per heavy atom. The van der Waals surface area contributed by atoms with E-state index < -0.39 is 11.4 Å². The van der Waals surface area contributed by atoms with Crippen molar-refractivity contribution in [2.45, 2.75) is 18.5 Å². The maximum absolute atomic E-state index is 12.5. The third-order valence-electron chi connectivity index (χ3n) is 4.06. The first kappa shape index (κ1) is 16.7. The minimum atomic E-state index is -1.13. The van der Waals surface area contributed by atoms with Gasteiger partial charge in [0.15, 0.2) is 0 Å². The van der Waals surface area contributed by atoms with Gasteiger partial charge in [0.2, 0.25) is 5.91 Å². The van der Waals surface area contributed by atoms with Crippen LogP contribution in [0.1, 0.15) is 16.8 Å². The molecule has 0 spiro atoms. The van der Waals surface area contributed by atoms with E-state index in [4.69, 9.17) is 5.73 Å². The van der Waals surface area contributed by atoms with Crippen molar-refractivity contribution in [3.05, 3.63) is 90.3 Å². The second kappa shape index (κ2) is 7.63. The lowest BCUT2D eigenvalue weighted by molar-refractivity contribution is -0.125. The molecule has 3 rings (SSSR count). The fourth-order valence-electron chi connectivity index (χ4n) is 2.72. The van der Waals surface area contributed by atoms with Gasteiger partial charge in [-0.2, -0.15) is 0 Å². The van der Waals surface area contributed by atoms with E-state index in [1.54, 1.807) is 37.1 Å². The van der Waals surface area contributed by atoms with Crippen LogP contribution in [0.25, 0.3) is 0 Å². The van der Waals surface area contributed by atoms with Gasteiger partial charge in [0.1, 0.15) is 5.54 Å². The molecule has 0 aromatic carbocycles. The zero-order chi connectivity index (χ0) is 17.5. The molecule has 6 heteroatoms. The van der Waals surface area contributed by atoms with Gasteiger partial charge in [0.25, 0.3) is 0 Å². The predicted molar refractivity (Wildman–Crippen MR) is 94.1 cm³/mol. The quantitative estimate of drug-likeness (QED) is 0.685. The highest BCUT2D eigenvalue weighted by atomic mass is 16.1. The van der Waals surface area contributed by atoms with E-state index in [0.29, 0.717) is 18.7 Å². The molecule has 0 bridgehead atoms. The number of carbonyl (C=O) groups excluding carboxylic acids is 1. The molecule has 3 N–H and O–H groups in total. The number of nitrogens with two attached hydrogens (primary N) is 1. The van der Waals surface area contributed by atoms with Crippen molar-refractivity contribution >= 4 is 5.91 Å². The van der Waals surface area contributed by atoms with Gasteiger partial charge in [-0.3, -0.25) is 25.1 Å². The number of carbonyl (C=O) groups is 1. The van der Waals surface area contributed by atoms with E-state index in [0.717, 1.165) is 11.1 Å². The number of aromatic nitrogens is 3. The molecule has 0 radical (unpaired) electrons. The van der Waals surface area contributed by atoms with E-state index in [9.17, 15) is 4.79 Å². The maximum Gasteiger partial charge on any atom is 0.244 e. The minimum absolute atomic E-state index is 0.359. The molecule has 0 fully saturated rings. The summed E-state index contributed by atoms with van der Waals surface area (Å²) in [6.07, 6.45) is 8.87. The summed E-state index contributed by atoms with van der Waals surface area (Å²) < 4.78 is 0. The molecule has 126 valence electrons. The van der Waals surface area contributed by atoms with Crippen LogP contribution in [0.4, 0.5) is 0 Å². The van der Waals surface area contributed by atoms with Gasteiger partial charge in [-0.25, -0.2) is 0 Å². The smallest absolute Gasteiger partial charge is 0.244 e. The van der Waals surface area contributed by atoms with Crippen LogP contribution in [-0.2, 0) is 23.3 Å². The van der Waals surface area contributed by atoms with Crippen LogP contribution in [0.15, 0.2) is 73.4 Å². The second-order valence-corrected chi connectivity index (χ2v) is 5.73. The summed E-state index contributed by atoms with van der Waals surface area (Å²) in [5.41, 5.74) is 7.19. The molecular formula is C19H19N5O. The fraction of sp³-hybridized carbons (Fsp3) is 0.158. The molecule has 3 aromatic rings. The third-order valence-corrected chi connectivity index (χ3v) is 4.06. The van der Waals surface area contributed by atoms with Crippen LogP contribution in [0.5, 0.6) is 0 Å². The highest BCUT2D eigenvalue weighted by molar-refractivity contribution is 5.86. The molecule has 6 nitrogen and oxygen atoms in total. The average Bonchev–Trinajstić information content (AvgIpc) is 2.67. The molecule has 25 heavy (non-hydrogen) atoms. The van der Waals surface area contributed by atoms with Crippen LogP contribution in [0.3, 0.4) is 0 Å². The lowest BCUT2D eigenvalue weighted by Crippen LogP contribution is -2.54. The zero-order valence-electron chi connectivity index (χ0n) is 13.7. The summed E-state index contributed by atoms with van der Waals surface area (Å²) in [5.74, 6) is -0.482. The maximum atomic E-state index is 12.5. The predicted octanol–water partition coefficient (Wildman–Crippen LogP) is 1.58. The molecule has 1 amide bonds. The summed E-state index contributed by atoms with van der Waals surface area (Å²) in [4.78, 5) is 25.1. The molecule has 0 aliphatic rings. The first-order valence-corrected chi connectivity index (χ1v) is 7.95. The van der Waals surface area contributed by atoms with Crippen molar-refractivity contribution in [2.24, 2.45) is 5.73 Å². The Morgan fingerprint density at radius 2 is 1.80 bits per heavy atom. The van der Waals surface area contributed by atoms with Crippen LogP contribution in [0.2, 0.25) is 0 Å². The van der Waals surface area contributed by atoms with Crippen LogP contribution in [-0.4, -0.2) is 20.9 Å². The van der Waals surface area contributed by atoms with E-state index in [2.05, 4.69) is 20.3 Å². The van der Waals surface area contributed by atoms with Gasteiger partial charge >= 0.3 is 0 Å². The number of amides is 1. The summed E-state index contributed by atoms with van der Waals surface area (Å²) in [5, 5.41) is 3.32. The first-order chi connectivity index (χ1) is 12.2. The lowest BCUT2D eigenvalue weighted by atomic mass is 9.86. The molecule has 1 unspecified atom stereocenters. The van der Waals surface area contributed by atoms with Crippen molar-refractivity contribution in [2.75, 3.05) is 0 Å². The normalized spacial score (nSPS) is 13.1. The van der Waals surface area contributed by atoms with Gasteiger partial charge in [-0.15, -0.1) is 0 Å². The number of primary amides is 1. The first-order valence-electron chi connectivity index (χ1n) is 7.95. The van der Waals surface area contributed by atoms with Gasteiger partial charge < -0.3 is 5.73 Å². The topological polar surface area (TPSA) is 93.8 Å². The minimum Gasteiger partial charge on any atom is -0.368 e. The Kier molecular flexibility index (Phi) is 5.11. The van der Waals surface area contributed by atoms with Crippen LogP contribution < -0.4 is 11.1 Å². The van der Waals surface area contributed by atoms with Gasteiger partial charge in [0.05, 0.1) is 5.69 Å².